The van der Waals surface area contributed by atoms with E-state index in [1.807, 2.05) is 12.3 Å². The molecule has 0 amide bonds. The summed E-state index contributed by atoms with van der Waals surface area (Å²) >= 11 is 0. The third kappa shape index (κ3) is 5.10. The van der Waals surface area contributed by atoms with E-state index in [0.29, 0.717) is 18.4 Å². The Labute approximate surface area is 239 Å². The average Bonchev–Trinajstić information content (AvgIpc) is 3.52. The predicted molar refractivity (Wildman–Crippen MR) is 167 cm³/mol. The second-order valence-electron chi connectivity index (χ2n) is 12.3. The van der Waals surface area contributed by atoms with Crippen LogP contribution < -0.4 is 15.6 Å². The lowest BCUT2D eigenvalue weighted by atomic mass is 9.50. The highest BCUT2D eigenvalue weighted by Crippen LogP contribution is 2.43. The van der Waals surface area contributed by atoms with E-state index in [-0.39, 0.29) is 6.92 Å². The minimum atomic E-state index is -0.237. The van der Waals surface area contributed by atoms with Gasteiger partial charge < -0.3 is 9.39 Å². The Morgan fingerprint density at radius 1 is 0.800 bits per heavy atom. The van der Waals surface area contributed by atoms with Gasteiger partial charge >= 0.3 is 6.92 Å². The first-order chi connectivity index (χ1) is 19.3. The van der Waals surface area contributed by atoms with Gasteiger partial charge in [0.2, 0.25) is 0 Å². The zero-order chi connectivity index (χ0) is 28.0. The van der Waals surface area contributed by atoms with Gasteiger partial charge in [-0.05, 0) is 101 Å². The monoisotopic (exact) mass is 529 g/mol. The van der Waals surface area contributed by atoms with Crippen molar-refractivity contribution < 1.29 is 9.39 Å². The lowest BCUT2D eigenvalue weighted by Gasteiger charge is -2.25. The number of rotatable bonds is 8. The highest BCUT2D eigenvalue weighted by atomic mass is 16.5. The molecule has 2 bridgehead atoms. The van der Waals surface area contributed by atoms with Gasteiger partial charge in [-0.15, -0.1) is 0 Å². The lowest BCUT2D eigenvalue weighted by Crippen LogP contribution is -2.52. The quantitative estimate of drug-likeness (QED) is 0.182. The molecular weight excluding hydrogens is 489 g/mol. The Balaban J connectivity index is 1.35. The van der Waals surface area contributed by atoms with E-state index in [0.717, 1.165) is 34.7 Å². The first-order valence-electron chi connectivity index (χ1n) is 14.7. The molecule has 204 valence electrons. The van der Waals surface area contributed by atoms with Gasteiger partial charge in [0.15, 0.2) is 0 Å². The van der Waals surface area contributed by atoms with E-state index in [9.17, 15) is 0 Å². The second kappa shape index (κ2) is 10.9. The van der Waals surface area contributed by atoms with E-state index < -0.39 is 0 Å². The zero-order valence-electron chi connectivity index (χ0n) is 24.8. The number of ether oxygens (including phenoxy) is 1. The van der Waals surface area contributed by atoms with Crippen LogP contribution in [0.15, 0.2) is 66.9 Å². The van der Waals surface area contributed by atoms with Crippen LogP contribution in [0.1, 0.15) is 51.8 Å². The van der Waals surface area contributed by atoms with E-state index in [1.54, 1.807) is 0 Å². The Morgan fingerprint density at radius 3 is 2.02 bits per heavy atom. The number of aryl methyl sites for hydroxylation is 6. The van der Waals surface area contributed by atoms with Crippen LogP contribution in [0.4, 0.5) is 0 Å². The van der Waals surface area contributed by atoms with Crippen molar-refractivity contribution in [3.05, 3.63) is 106 Å². The second-order valence-corrected chi connectivity index (χ2v) is 12.3. The van der Waals surface area contributed by atoms with E-state index >= 15 is 0 Å². The SMILES string of the molecule is Cc1cc(C)c(B(Oc2ccc(COCC3CC4C=CC3C4)c3cccnc23)c2c(C)cc(C)cc2C)c(C)c1. The van der Waals surface area contributed by atoms with Crippen molar-refractivity contribution in [2.45, 2.75) is 61.0 Å². The largest absolute Gasteiger partial charge is 0.550 e. The molecule has 3 aromatic carbocycles. The molecular formula is C36H40BNO2. The molecule has 40 heavy (non-hydrogen) atoms. The summed E-state index contributed by atoms with van der Waals surface area (Å²) in [5.74, 6) is 2.94. The summed E-state index contributed by atoms with van der Waals surface area (Å²) in [6, 6.07) is 17.5. The Hall–Kier alpha value is -3.37. The van der Waals surface area contributed by atoms with Crippen LogP contribution in [0.25, 0.3) is 10.9 Å². The fourth-order valence-electron chi connectivity index (χ4n) is 7.43. The molecule has 1 saturated carbocycles. The molecule has 2 aliphatic carbocycles. The first kappa shape index (κ1) is 26.8. The molecule has 0 aliphatic heterocycles. The molecule has 0 N–H and O–H groups in total. The normalized spacial score (nSPS) is 19.5. The maximum absolute atomic E-state index is 7.07. The van der Waals surface area contributed by atoms with Gasteiger partial charge in [-0.3, -0.25) is 4.98 Å². The number of pyridine rings is 1. The fourth-order valence-corrected chi connectivity index (χ4v) is 7.43. The van der Waals surface area contributed by atoms with Crippen molar-refractivity contribution in [1.29, 1.82) is 0 Å². The summed E-state index contributed by atoms with van der Waals surface area (Å²) in [6.07, 6.45) is 9.24. The number of aromatic nitrogens is 1. The number of nitrogens with zero attached hydrogens (tertiary/aromatic N) is 1. The van der Waals surface area contributed by atoms with Gasteiger partial charge in [-0.2, -0.15) is 0 Å². The average molecular weight is 530 g/mol. The van der Waals surface area contributed by atoms with Crippen LogP contribution in [0.3, 0.4) is 0 Å². The van der Waals surface area contributed by atoms with E-state index in [4.69, 9.17) is 14.4 Å². The number of hydrogen-bond acceptors (Lipinski definition) is 3. The van der Waals surface area contributed by atoms with Gasteiger partial charge in [0.25, 0.3) is 0 Å². The molecule has 0 spiro atoms. The summed E-state index contributed by atoms with van der Waals surface area (Å²) < 4.78 is 13.4. The van der Waals surface area contributed by atoms with Crippen molar-refractivity contribution in [1.82, 2.24) is 4.98 Å². The van der Waals surface area contributed by atoms with Gasteiger partial charge in [0.1, 0.15) is 11.3 Å². The zero-order valence-corrected chi connectivity index (χ0v) is 24.8. The topological polar surface area (TPSA) is 31.4 Å². The minimum absolute atomic E-state index is 0.237. The molecule has 6 rings (SSSR count). The lowest BCUT2D eigenvalue weighted by molar-refractivity contribution is 0.0795. The fraction of sp³-hybridized carbons (Fsp3) is 0.361. The van der Waals surface area contributed by atoms with E-state index in [1.165, 1.54) is 57.1 Å². The van der Waals surface area contributed by atoms with E-state index in [2.05, 4.69) is 96.2 Å². The molecule has 4 aromatic rings. The predicted octanol–water partition coefficient (Wildman–Crippen LogP) is 7.00. The first-order valence-corrected chi connectivity index (χ1v) is 14.7. The maximum atomic E-state index is 7.07. The molecule has 3 atom stereocenters. The molecule has 0 saturated heterocycles. The van der Waals surface area contributed by atoms with Crippen molar-refractivity contribution >= 4 is 28.7 Å². The van der Waals surface area contributed by atoms with Crippen molar-refractivity contribution in [3.8, 4) is 5.75 Å². The maximum Gasteiger partial charge on any atom is 0.427 e. The van der Waals surface area contributed by atoms with Crippen LogP contribution in [-0.2, 0) is 11.3 Å². The summed E-state index contributed by atoms with van der Waals surface area (Å²) in [4.78, 5) is 4.83. The molecule has 2 aliphatic rings. The van der Waals surface area contributed by atoms with Crippen molar-refractivity contribution in [2.24, 2.45) is 17.8 Å². The Bertz CT molecular complexity index is 1500. The van der Waals surface area contributed by atoms with Crippen LogP contribution in [0.2, 0.25) is 0 Å². The van der Waals surface area contributed by atoms with Crippen LogP contribution in [-0.4, -0.2) is 18.5 Å². The van der Waals surface area contributed by atoms with Crippen LogP contribution in [0, 0.1) is 59.3 Å². The van der Waals surface area contributed by atoms with Crippen molar-refractivity contribution in [3.63, 3.8) is 0 Å². The third-order valence-corrected chi connectivity index (χ3v) is 9.07. The van der Waals surface area contributed by atoms with Gasteiger partial charge in [-0.25, -0.2) is 0 Å². The molecule has 1 aromatic heterocycles. The number of allylic oxidation sites excluding steroid dienone is 2. The summed E-state index contributed by atoms with van der Waals surface area (Å²) in [6.45, 7) is 14.3. The van der Waals surface area contributed by atoms with Gasteiger partial charge in [-0.1, -0.05) is 81.9 Å². The van der Waals surface area contributed by atoms with Gasteiger partial charge in [0, 0.05) is 11.6 Å². The third-order valence-electron chi connectivity index (χ3n) is 9.07. The summed E-state index contributed by atoms with van der Waals surface area (Å²) in [7, 11) is 0. The standard InChI is InChI=1S/C36H40BNO2/c1-22-14-24(3)34(25(4)15-22)37(35-26(5)16-23(2)17-27(35)6)40-33-12-11-30(32-8-7-13-38-36(32)33)20-39-21-31-19-28-9-10-29(31)18-28/h7-17,28-29,31H,18-21H2,1-6H3. The summed E-state index contributed by atoms with van der Waals surface area (Å²) in [5.41, 5.74) is 12.1. The van der Waals surface area contributed by atoms with Crippen molar-refractivity contribution in [2.75, 3.05) is 6.61 Å². The molecule has 0 radical (unpaired) electrons. The molecule has 1 fully saturated rings. The number of hydrogen-bond donors (Lipinski definition) is 0. The molecule has 4 heteroatoms. The Kier molecular flexibility index (Phi) is 7.31. The molecule has 3 nitrogen and oxygen atoms in total. The number of fused-ring (bicyclic) bond motifs is 3. The van der Waals surface area contributed by atoms with Crippen LogP contribution >= 0.6 is 0 Å². The van der Waals surface area contributed by atoms with Gasteiger partial charge in [0.05, 0.1) is 13.2 Å². The minimum Gasteiger partial charge on any atom is -0.550 e. The highest BCUT2D eigenvalue weighted by molar-refractivity contribution is 6.82. The summed E-state index contributed by atoms with van der Waals surface area (Å²) in [5, 5.41) is 1.10. The Morgan fingerprint density at radius 2 is 1.45 bits per heavy atom. The molecule has 1 heterocycles. The number of benzene rings is 3. The van der Waals surface area contributed by atoms with Crippen LogP contribution in [0.5, 0.6) is 5.75 Å². The molecule has 3 unspecified atom stereocenters. The smallest absolute Gasteiger partial charge is 0.427 e. The highest BCUT2D eigenvalue weighted by Gasteiger charge is 2.35.